The summed E-state index contributed by atoms with van der Waals surface area (Å²) in [6, 6.07) is 19.4. The summed E-state index contributed by atoms with van der Waals surface area (Å²) in [7, 11) is 0. The van der Waals surface area contributed by atoms with E-state index in [0.29, 0.717) is 17.8 Å². The number of benzene rings is 2. The molecule has 0 aliphatic carbocycles. The lowest BCUT2D eigenvalue weighted by molar-refractivity contribution is -0.116. The molecule has 0 radical (unpaired) electrons. The SMILES string of the molecule is O=C(CCNC(=O)c1ccc(Br)cc1)Nc1ccc(Cn2ccccc2=O)cc1. The predicted octanol–water partition coefficient (Wildman–Crippen LogP) is 3.42. The molecule has 0 saturated carbocycles. The van der Waals surface area contributed by atoms with Crippen LogP contribution in [0.1, 0.15) is 22.3 Å². The van der Waals surface area contributed by atoms with E-state index in [4.69, 9.17) is 0 Å². The number of pyridine rings is 1. The van der Waals surface area contributed by atoms with Crippen molar-refractivity contribution in [2.24, 2.45) is 0 Å². The highest BCUT2D eigenvalue weighted by Crippen LogP contribution is 2.11. The molecule has 0 saturated heterocycles. The lowest BCUT2D eigenvalue weighted by Gasteiger charge is -2.09. The summed E-state index contributed by atoms with van der Waals surface area (Å²) in [5.41, 5.74) is 2.10. The number of anilines is 1. The maximum atomic E-state index is 12.1. The number of nitrogens with one attached hydrogen (secondary N) is 2. The third-order valence-corrected chi connectivity index (χ3v) is 4.76. The summed E-state index contributed by atoms with van der Waals surface area (Å²) in [6.07, 6.45) is 1.91. The van der Waals surface area contributed by atoms with Gasteiger partial charge in [0.2, 0.25) is 5.91 Å². The Morgan fingerprint density at radius 3 is 2.34 bits per heavy atom. The number of aromatic nitrogens is 1. The average Bonchev–Trinajstić information content (AvgIpc) is 2.71. The Morgan fingerprint density at radius 2 is 1.66 bits per heavy atom. The number of carbonyl (C=O) groups excluding carboxylic acids is 2. The minimum Gasteiger partial charge on any atom is -0.352 e. The Morgan fingerprint density at radius 1 is 0.931 bits per heavy atom. The molecule has 0 aliphatic heterocycles. The molecule has 7 heteroatoms. The lowest BCUT2D eigenvalue weighted by Crippen LogP contribution is -2.27. The molecule has 148 valence electrons. The fourth-order valence-electron chi connectivity index (χ4n) is 2.70. The van der Waals surface area contributed by atoms with E-state index in [1.165, 1.54) is 6.07 Å². The summed E-state index contributed by atoms with van der Waals surface area (Å²) >= 11 is 3.32. The first-order valence-corrected chi connectivity index (χ1v) is 9.88. The first kappa shape index (κ1) is 20.5. The average molecular weight is 454 g/mol. The molecule has 2 aromatic carbocycles. The van der Waals surface area contributed by atoms with Crippen molar-refractivity contribution in [3.63, 3.8) is 0 Å². The van der Waals surface area contributed by atoms with E-state index in [0.717, 1.165) is 10.0 Å². The molecule has 2 amide bonds. The summed E-state index contributed by atoms with van der Waals surface area (Å²) in [5, 5.41) is 5.53. The number of hydrogen-bond acceptors (Lipinski definition) is 3. The number of carbonyl (C=O) groups is 2. The second-order valence-corrected chi connectivity index (χ2v) is 7.34. The van der Waals surface area contributed by atoms with Crippen LogP contribution in [0, 0.1) is 0 Å². The van der Waals surface area contributed by atoms with Crippen LogP contribution in [-0.4, -0.2) is 22.9 Å². The molecule has 0 unspecified atom stereocenters. The smallest absolute Gasteiger partial charge is 0.251 e. The van der Waals surface area contributed by atoms with Crippen molar-refractivity contribution in [1.29, 1.82) is 0 Å². The van der Waals surface area contributed by atoms with Gasteiger partial charge in [0, 0.05) is 41.0 Å². The Bertz CT molecular complexity index is 1040. The van der Waals surface area contributed by atoms with E-state index >= 15 is 0 Å². The Labute approximate surface area is 176 Å². The standard InChI is InChI=1S/C22H20BrN3O3/c23-18-8-6-17(7-9-18)22(29)24-13-12-20(27)25-19-10-4-16(5-11-19)15-26-14-2-1-3-21(26)28/h1-11,14H,12-13,15H2,(H,24,29)(H,25,27). The van der Waals surface area contributed by atoms with Crippen molar-refractivity contribution < 1.29 is 9.59 Å². The van der Waals surface area contributed by atoms with Crippen LogP contribution in [0.2, 0.25) is 0 Å². The van der Waals surface area contributed by atoms with Crippen LogP contribution in [0.4, 0.5) is 5.69 Å². The van der Waals surface area contributed by atoms with Gasteiger partial charge in [0.1, 0.15) is 0 Å². The second kappa shape index (κ2) is 9.84. The van der Waals surface area contributed by atoms with Gasteiger partial charge in [-0.25, -0.2) is 0 Å². The van der Waals surface area contributed by atoms with Gasteiger partial charge in [-0.15, -0.1) is 0 Å². The maximum Gasteiger partial charge on any atom is 0.251 e. The van der Waals surface area contributed by atoms with Crippen molar-refractivity contribution in [2.75, 3.05) is 11.9 Å². The molecule has 0 aliphatic rings. The van der Waals surface area contributed by atoms with Gasteiger partial charge in [0.05, 0.1) is 6.54 Å². The van der Waals surface area contributed by atoms with E-state index in [1.807, 2.05) is 18.2 Å². The van der Waals surface area contributed by atoms with Gasteiger partial charge in [-0.3, -0.25) is 14.4 Å². The molecule has 0 bridgehead atoms. The molecule has 2 N–H and O–H groups in total. The van der Waals surface area contributed by atoms with Crippen LogP contribution in [0.5, 0.6) is 0 Å². The minimum absolute atomic E-state index is 0.0601. The molecule has 1 aromatic heterocycles. The number of amides is 2. The maximum absolute atomic E-state index is 12.1. The number of nitrogens with zero attached hydrogens (tertiary/aromatic N) is 1. The van der Waals surface area contributed by atoms with Gasteiger partial charge in [0.25, 0.3) is 11.5 Å². The van der Waals surface area contributed by atoms with E-state index in [1.54, 1.807) is 53.2 Å². The number of rotatable bonds is 7. The van der Waals surface area contributed by atoms with Crippen LogP contribution >= 0.6 is 15.9 Å². The van der Waals surface area contributed by atoms with Crippen LogP contribution in [-0.2, 0) is 11.3 Å². The molecule has 0 atom stereocenters. The van der Waals surface area contributed by atoms with Crippen molar-refractivity contribution in [1.82, 2.24) is 9.88 Å². The third-order valence-electron chi connectivity index (χ3n) is 4.23. The quantitative estimate of drug-likeness (QED) is 0.574. The van der Waals surface area contributed by atoms with Gasteiger partial charge in [-0.1, -0.05) is 34.1 Å². The molecule has 3 aromatic rings. The van der Waals surface area contributed by atoms with Crippen molar-refractivity contribution >= 4 is 33.4 Å². The normalized spacial score (nSPS) is 10.4. The summed E-state index contributed by atoms with van der Waals surface area (Å²) in [4.78, 5) is 35.9. The van der Waals surface area contributed by atoms with Crippen molar-refractivity contribution in [2.45, 2.75) is 13.0 Å². The van der Waals surface area contributed by atoms with E-state index < -0.39 is 0 Å². The minimum atomic E-state index is -0.217. The van der Waals surface area contributed by atoms with Crippen LogP contribution in [0.15, 0.2) is 82.2 Å². The molecular formula is C22H20BrN3O3. The summed E-state index contributed by atoms with van der Waals surface area (Å²) in [5.74, 6) is -0.404. The first-order chi connectivity index (χ1) is 14.0. The van der Waals surface area contributed by atoms with Gasteiger partial charge >= 0.3 is 0 Å². The van der Waals surface area contributed by atoms with E-state index in [-0.39, 0.29) is 30.3 Å². The second-order valence-electron chi connectivity index (χ2n) is 6.42. The lowest BCUT2D eigenvalue weighted by atomic mass is 10.2. The van der Waals surface area contributed by atoms with Gasteiger partial charge in [-0.2, -0.15) is 0 Å². The largest absolute Gasteiger partial charge is 0.352 e. The van der Waals surface area contributed by atoms with Crippen molar-refractivity contribution in [3.8, 4) is 0 Å². The summed E-state index contributed by atoms with van der Waals surface area (Å²) in [6.45, 7) is 0.714. The Hall–Kier alpha value is -3.19. The highest BCUT2D eigenvalue weighted by Gasteiger charge is 2.07. The molecule has 29 heavy (non-hydrogen) atoms. The van der Waals surface area contributed by atoms with E-state index in [2.05, 4.69) is 26.6 Å². The fourth-order valence-corrected chi connectivity index (χ4v) is 2.96. The zero-order valence-corrected chi connectivity index (χ0v) is 17.2. The number of halogens is 1. The third kappa shape index (κ3) is 6.15. The fraction of sp³-hybridized carbons (Fsp3) is 0.136. The van der Waals surface area contributed by atoms with Crippen LogP contribution in [0.3, 0.4) is 0 Å². The van der Waals surface area contributed by atoms with E-state index in [9.17, 15) is 14.4 Å². The molecule has 6 nitrogen and oxygen atoms in total. The molecule has 0 fully saturated rings. The monoisotopic (exact) mass is 453 g/mol. The first-order valence-electron chi connectivity index (χ1n) is 9.09. The zero-order chi connectivity index (χ0) is 20.6. The topological polar surface area (TPSA) is 80.2 Å². The van der Waals surface area contributed by atoms with Crippen LogP contribution < -0.4 is 16.2 Å². The Balaban J connectivity index is 1.45. The molecule has 3 rings (SSSR count). The highest BCUT2D eigenvalue weighted by atomic mass is 79.9. The number of hydrogen-bond donors (Lipinski definition) is 2. The molecule has 1 heterocycles. The van der Waals surface area contributed by atoms with Crippen LogP contribution in [0.25, 0.3) is 0 Å². The molecule has 0 spiro atoms. The van der Waals surface area contributed by atoms with Gasteiger partial charge < -0.3 is 15.2 Å². The van der Waals surface area contributed by atoms with Gasteiger partial charge in [-0.05, 0) is 48.0 Å². The predicted molar refractivity (Wildman–Crippen MR) is 116 cm³/mol. The molecular weight excluding hydrogens is 434 g/mol. The van der Waals surface area contributed by atoms with Gasteiger partial charge in [0.15, 0.2) is 0 Å². The Kier molecular flexibility index (Phi) is 6.97. The zero-order valence-electron chi connectivity index (χ0n) is 15.6. The summed E-state index contributed by atoms with van der Waals surface area (Å²) < 4.78 is 2.51. The van der Waals surface area contributed by atoms with Crippen molar-refractivity contribution in [3.05, 3.63) is 98.9 Å². The highest BCUT2D eigenvalue weighted by molar-refractivity contribution is 9.10.